The molecule has 0 fully saturated rings. The van der Waals surface area contributed by atoms with E-state index >= 15 is 0 Å². The maximum Gasteiger partial charge on any atom is 0.338 e. The smallest absolute Gasteiger partial charge is 0.338 e. The molecule has 0 bridgehead atoms. The number of ether oxygens (including phenoxy) is 1. The molecule has 0 aliphatic heterocycles. The number of halogens is 1. The zero-order chi connectivity index (χ0) is 22.6. The minimum atomic E-state index is -0.752. The van der Waals surface area contributed by atoms with Gasteiger partial charge in [-0.3, -0.25) is 14.7 Å². The minimum absolute atomic E-state index is 0.165. The Morgan fingerprint density at radius 3 is 2.29 bits per heavy atom. The third-order valence-corrected chi connectivity index (χ3v) is 5.50. The molecule has 2 N–H and O–H groups in total. The van der Waals surface area contributed by atoms with E-state index in [-0.39, 0.29) is 22.6 Å². The fraction of sp³-hybridized carbons (Fsp3) is 0.522. The summed E-state index contributed by atoms with van der Waals surface area (Å²) >= 11 is 6.14. The predicted octanol–water partition coefficient (Wildman–Crippen LogP) is 5.41. The molecule has 2 rings (SSSR count). The van der Waals surface area contributed by atoms with Crippen LogP contribution in [0.1, 0.15) is 91.8 Å². The van der Waals surface area contributed by atoms with Crippen molar-refractivity contribution in [2.24, 2.45) is 0 Å². The number of rotatable bonds is 14. The minimum Gasteiger partial charge on any atom is -0.493 e. The number of carbonyl (C=O) groups excluding carboxylic acids is 2. The molecule has 31 heavy (non-hydrogen) atoms. The predicted molar refractivity (Wildman–Crippen MR) is 121 cm³/mol. The second-order valence-corrected chi connectivity index (χ2v) is 8.02. The van der Waals surface area contributed by atoms with Gasteiger partial charge in [0.1, 0.15) is 5.56 Å². The third kappa shape index (κ3) is 7.28. The Bertz CT molecular complexity index is 919. The fourth-order valence-corrected chi connectivity index (χ4v) is 3.57. The number of H-pyrrole nitrogens is 1. The molecule has 8 heteroatoms. The number of aldehydes is 1. The van der Waals surface area contributed by atoms with Crippen LogP contribution in [0.2, 0.25) is 5.02 Å². The van der Waals surface area contributed by atoms with Crippen LogP contribution in [0.25, 0.3) is 5.69 Å². The number of aromatic amines is 1. The van der Waals surface area contributed by atoms with Gasteiger partial charge in [-0.15, -0.1) is 0 Å². The van der Waals surface area contributed by atoms with Crippen molar-refractivity contribution in [2.75, 3.05) is 6.61 Å². The number of unbranched alkanes of at least 4 members (excludes halogenated alkanes) is 9. The van der Waals surface area contributed by atoms with Crippen molar-refractivity contribution in [2.45, 2.75) is 71.1 Å². The van der Waals surface area contributed by atoms with Gasteiger partial charge in [-0.2, -0.15) is 0 Å². The lowest BCUT2D eigenvalue weighted by Gasteiger charge is -2.10. The normalized spacial score (nSPS) is 10.9. The number of nitrogens with zero attached hydrogens (tertiary/aromatic N) is 1. The van der Waals surface area contributed by atoms with Crippen molar-refractivity contribution in [3.8, 4) is 11.6 Å². The topological polar surface area (TPSA) is 101 Å². The second-order valence-electron chi connectivity index (χ2n) is 7.62. The molecule has 0 spiro atoms. The van der Waals surface area contributed by atoms with E-state index in [4.69, 9.17) is 16.3 Å². The molecule has 1 aromatic heterocycles. The Hall–Kier alpha value is -2.54. The van der Waals surface area contributed by atoms with E-state index in [0.717, 1.165) is 23.9 Å². The molecule has 0 unspecified atom stereocenters. The van der Waals surface area contributed by atoms with Crippen molar-refractivity contribution in [1.29, 1.82) is 0 Å². The molecule has 0 aliphatic rings. The summed E-state index contributed by atoms with van der Waals surface area (Å²) in [7, 11) is 0. The van der Waals surface area contributed by atoms with Crippen molar-refractivity contribution < 1.29 is 19.4 Å². The van der Waals surface area contributed by atoms with Crippen LogP contribution in [0.5, 0.6) is 5.88 Å². The number of hydrogen-bond acceptors (Lipinski definition) is 5. The first-order valence-electron chi connectivity index (χ1n) is 11.0. The highest BCUT2D eigenvalue weighted by Gasteiger charge is 2.18. The molecule has 7 nitrogen and oxygen atoms in total. The highest BCUT2D eigenvalue weighted by Crippen LogP contribution is 2.26. The summed E-state index contributed by atoms with van der Waals surface area (Å²) in [4.78, 5) is 35.0. The third-order valence-electron chi connectivity index (χ3n) is 5.18. The number of benzene rings is 1. The lowest BCUT2D eigenvalue weighted by molar-refractivity contribution is 0.0497. The van der Waals surface area contributed by atoms with E-state index in [0.29, 0.717) is 6.61 Å². The molecular weight excluding hydrogens is 420 g/mol. The van der Waals surface area contributed by atoms with Crippen LogP contribution in [-0.2, 0) is 4.74 Å². The molecule has 170 valence electrons. The maximum absolute atomic E-state index is 12.3. The van der Waals surface area contributed by atoms with Gasteiger partial charge >= 0.3 is 5.97 Å². The average Bonchev–Trinajstić information content (AvgIpc) is 3.05. The average molecular weight is 451 g/mol. The largest absolute Gasteiger partial charge is 0.493 e. The number of carbonyl (C=O) groups is 2. The van der Waals surface area contributed by atoms with E-state index < -0.39 is 23.0 Å². The molecule has 0 amide bonds. The zero-order valence-corrected chi connectivity index (χ0v) is 18.7. The summed E-state index contributed by atoms with van der Waals surface area (Å²) < 4.78 is 6.30. The molecule has 0 aliphatic carbocycles. The molecule has 0 atom stereocenters. The van der Waals surface area contributed by atoms with Crippen molar-refractivity contribution in [3.63, 3.8) is 0 Å². The van der Waals surface area contributed by atoms with Gasteiger partial charge < -0.3 is 9.84 Å². The number of nitrogens with one attached hydrogen (secondary N) is 1. The van der Waals surface area contributed by atoms with Crippen LogP contribution in [0.15, 0.2) is 23.0 Å². The standard InChI is InChI=1S/C23H31ClN2O5/c1-2-3-4-5-6-7-8-9-10-11-14-31-23(30)17-12-13-19(24)20(15-17)26-22(29)18(16-27)21(28)25-26/h12-13,15-16,29H,2-11,14H2,1H3,(H,25,28). The molecule has 2 aromatic rings. The summed E-state index contributed by atoms with van der Waals surface area (Å²) in [5, 5.41) is 12.6. The molecule has 0 saturated carbocycles. The quantitative estimate of drug-likeness (QED) is 0.227. The first-order chi connectivity index (χ1) is 15.0. The van der Waals surface area contributed by atoms with Crippen LogP contribution in [0.4, 0.5) is 0 Å². The number of aromatic hydroxyl groups is 1. The lowest BCUT2D eigenvalue weighted by Crippen LogP contribution is -2.09. The van der Waals surface area contributed by atoms with Crippen LogP contribution in [0.3, 0.4) is 0 Å². The van der Waals surface area contributed by atoms with E-state index in [1.165, 1.54) is 63.1 Å². The van der Waals surface area contributed by atoms with Crippen molar-refractivity contribution in [3.05, 3.63) is 44.7 Å². The molecular formula is C23H31ClN2O5. The van der Waals surface area contributed by atoms with Gasteiger partial charge in [0.05, 0.1) is 22.9 Å². The zero-order valence-electron chi connectivity index (χ0n) is 18.0. The summed E-state index contributed by atoms with van der Waals surface area (Å²) in [5.74, 6) is -1.09. The Morgan fingerprint density at radius 1 is 1.10 bits per heavy atom. The number of hydrogen-bond donors (Lipinski definition) is 2. The summed E-state index contributed by atoms with van der Waals surface area (Å²) in [6.45, 7) is 2.55. The Morgan fingerprint density at radius 2 is 1.71 bits per heavy atom. The molecule has 1 aromatic carbocycles. The Kier molecular flexibility index (Phi) is 10.4. The first-order valence-corrected chi connectivity index (χ1v) is 11.3. The Balaban J connectivity index is 1.80. The maximum atomic E-state index is 12.3. The van der Waals surface area contributed by atoms with Gasteiger partial charge in [-0.05, 0) is 24.6 Å². The fourth-order valence-electron chi connectivity index (χ4n) is 3.37. The van der Waals surface area contributed by atoms with Gasteiger partial charge in [-0.25, -0.2) is 9.48 Å². The second kappa shape index (κ2) is 13.0. The SMILES string of the molecule is CCCCCCCCCCCCOC(=O)c1ccc(Cl)c(-n2[nH]c(=O)c(C=O)c2O)c1. The van der Waals surface area contributed by atoms with Gasteiger partial charge in [0.2, 0.25) is 5.88 Å². The van der Waals surface area contributed by atoms with Crippen LogP contribution >= 0.6 is 11.6 Å². The van der Waals surface area contributed by atoms with Crippen LogP contribution < -0.4 is 5.56 Å². The van der Waals surface area contributed by atoms with Crippen molar-refractivity contribution in [1.82, 2.24) is 9.78 Å². The summed E-state index contributed by atoms with van der Waals surface area (Å²) in [5.41, 5.74) is -0.770. The van der Waals surface area contributed by atoms with E-state index in [2.05, 4.69) is 12.0 Å². The summed E-state index contributed by atoms with van der Waals surface area (Å²) in [6, 6.07) is 4.37. The van der Waals surface area contributed by atoms with Crippen molar-refractivity contribution >= 4 is 23.9 Å². The molecule has 1 heterocycles. The lowest BCUT2D eigenvalue weighted by atomic mass is 10.1. The Labute approximate surface area is 187 Å². The van der Waals surface area contributed by atoms with E-state index in [1.807, 2.05) is 0 Å². The van der Waals surface area contributed by atoms with E-state index in [1.54, 1.807) is 0 Å². The summed E-state index contributed by atoms with van der Waals surface area (Å²) in [6.07, 6.45) is 12.2. The van der Waals surface area contributed by atoms with Gasteiger partial charge in [0, 0.05) is 0 Å². The number of esters is 1. The highest BCUT2D eigenvalue weighted by molar-refractivity contribution is 6.32. The van der Waals surface area contributed by atoms with E-state index in [9.17, 15) is 19.5 Å². The number of aromatic nitrogens is 2. The molecule has 0 saturated heterocycles. The van der Waals surface area contributed by atoms with Crippen LogP contribution in [0, 0.1) is 0 Å². The monoisotopic (exact) mass is 450 g/mol. The first kappa shape index (κ1) is 24.7. The highest BCUT2D eigenvalue weighted by atomic mass is 35.5. The van der Waals surface area contributed by atoms with Crippen LogP contribution in [-0.4, -0.2) is 33.7 Å². The molecule has 0 radical (unpaired) electrons. The van der Waals surface area contributed by atoms with Gasteiger partial charge in [0.25, 0.3) is 5.56 Å². The van der Waals surface area contributed by atoms with Gasteiger partial charge in [0.15, 0.2) is 6.29 Å². The van der Waals surface area contributed by atoms with Gasteiger partial charge in [-0.1, -0.05) is 76.3 Å².